The Hall–Kier alpha value is -3.49. The standard InChI is InChI=1S/C25H21N3O4S/c29-16-9-10-18-22(13-16)33(31,32)21-8-4-2-6-19(21)25(30)12-11-15(14-25)26-23-17-5-1-3-7-20(17)27-24(18)28-23/h1-10,13,15,29-30H,11-12,14H2,(H,26,27,28). The third-order valence-electron chi connectivity index (χ3n) is 6.61. The van der Waals surface area contributed by atoms with Gasteiger partial charge in [-0.15, -0.1) is 0 Å². The Kier molecular flexibility index (Phi) is 4.27. The predicted octanol–water partition coefficient (Wildman–Crippen LogP) is 4.00. The molecule has 0 amide bonds. The Bertz CT molecular complexity index is 1540. The van der Waals surface area contributed by atoms with Crippen LogP contribution in [-0.4, -0.2) is 34.6 Å². The summed E-state index contributed by atoms with van der Waals surface area (Å²) in [6, 6.07) is 18.2. The molecular weight excluding hydrogens is 438 g/mol. The zero-order valence-electron chi connectivity index (χ0n) is 17.6. The molecule has 2 aliphatic rings. The highest BCUT2D eigenvalue weighted by Crippen LogP contribution is 2.45. The molecular formula is C25H21N3O4S. The first-order valence-electron chi connectivity index (χ1n) is 10.8. The summed E-state index contributed by atoms with van der Waals surface area (Å²) in [6.07, 6.45) is 1.42. The van der Waals surface area contributed by atoms with Crippen LogP contribution in [0.15, 0.2) is 76.5 Å². The van der Waals surface area contributed by atoms with E-state index in [0.29, 0.717) is 36.2 Å². The topological polar surface area (TPSA) is 112 Å². The van der Waals surface area contributed by atoms with Crippen LogP contribution < -0.4 is 5.32 Å². The van der Waals surface area contributed by atoms with E-state index >= 15 is 0 Å². The minimum Gasteiger partial charge on any atom is -0.508 e. The summed E-state index contributed by atoms with van der Waals surface area (Å²) in [7, 11) is -4.12. The van der Waals surface area contributed by atoms with E-state index in [1.807, 2.05) is 24.3 Å². The lowest BCUT2D eigenvalue weighted by atomic mass is 9.92. The first-order valence-corrected chi connectivity index (χ1v) is 12.3. The Labute approximate surface area is 190 Å². The van der Waals surface area contributed by atoms with E-state index in [9.17, 15) is 18.6 Å². The van der Waals surface area contributed by atoms with E-state index in [0.717, 1.165) is 5.39 Å². The third kappa shape index (κ3) is 3.09. The smallest absolute Gasteiger partial charge is 0.207 e. The van der Waals surface area contributed by atoms with Crippen LogP contribution in [0.25, 0.3) is 22.3 Å². The zero-order valence-corrected chi connectivity index (χ0v) is 18.4. The number of phenols is 1. The Morgan fingerprint density at radius 3 is 2.64 bits per heavy atom. The van der Waals surface area contributed by atoms with Crippen LogP contribution >= 0.6 is 0 Å². The first-order chi connectivity index (χ1) is 15.8. The number of phenolic OH excluding ortho intramolecular Hbond substituents is 1. The average molecular weight is 460 g/mol. The van der Waals surface area contributed by atoms with Gasteiger partial charge in [0.1, 0.15) is 11.6 Å². The number of benzene rings is 3. The molecule has 3 N–H and O–H groups in total. The number of aromatic hydroxyl groups is 1. The molecule has 0 spiro atoms. The lowest BCUT2D eigenvalue weighted by Gasteiger charge is -2.27. The number of aromatic nitrogens is 2. The molecule has 166 valence electrons. The number of hydrogen-bond donors (Lipinski definition) is 3. The molecule has 33 heavy (non-hydrogen) atoms. The normalized spacial score (nSPS) is 23.0. The molecule has 1 saturated carbocycles. The van der Waals surface area contributed by atoms with Crippen molar-refractivity contribution in [2.45, 2.75) is 40.7 Å². The number of nitrogens with one attached hydrogen (secondary N) is 1. The number of anilines is 1. The van der Waals surface area contributed by atoms with Crippen molar-refractivity contribution in [3.8, 4) is 17.1 Å². The van der Waals surface area contributed by atoms with Crippen molar-refractivity contribution in [1.82, 2.24) is 9.97 Å². The van der Waals surface area contributed by atoms with Crippen molar-refractivity contribution >= 4 is 26.6 Å². The monoisotopic (exact) mass is 459 g/mol. The van der Waals surface area contributed by atoms with Crippen molar-refractivity contribution in [3.05, 3.63) is 72.3 Å². The molecule has 3 aromatic carbocycles. The maximum absolute atomic E-state index is 14.0. The van der Waals surface area contributed by atoms with Gasteiger partial charge in [0.15, 0.2) is 5.82 Å². The molecule has 2 atom stereocenters. The highest BCUT2D eigenvalue weighted by molar-refractivity contribution is 7.91. The van der Waals surface area contributed by atoms with E-state index in [1.165, 1.54) is 24.3 Å². The maximum atomic E-state index is 14.0. The summed E-state index contributed by atoms with van der Waals surface area (Å²) >= 11 is 0. The fraction of sp³-hybridized carbons (Fsp3) is 0.200. The van der Waals surface area contributed by atoms with Gasteiger partial charge in [-0.05, 0) is 49.2 Å². The van der Waals surface area contributed by atoms with Crippen LogP contribution in [0.4, 0.5) is 5.82 Å². The van der Waals surface area contributed by atoms with Gasteiger partial charge in [0.05, 0.1) is 20.9 Å². The second-order valence-electron chi connectivity index (χ2n) is 8.71. The molecule has 8 heteroatoms. The highest BCUT2D eigenvalue weighted by atomic mass is 32.2. The van der Waals surface area contributed by atoms with Gasteiger partial charge >= 0.3 is 0 Å². The van der Waals surface area contributed by atoms with Crippen LogP contribution in [-0.2, 0) is 15.4 Å². The van der Waals surface area contributed by atoms with Crippen LogP contribution in [0.1, 0.15) is 24.8 Å². The molecule has 1 fully saturated rings. The molecule has 7 nitrogen and oxygen atoms in total. The van der Waals surface area contributed by atoms with Crippen molar-refractivity contribution in [2.24, 2.45) is 0 Å². The minimum absolute atomic E-state index is 0.0292. The van der Waals surface area contributed by atoms with Crippen molar-refractivity contribution in [2.75, 3.05) is 5.32 Å². The van der Waals surface area contributed by atoms with Gasteiger partial charge in [0, 0.05) is 29.0 Å². The molecule has 0 saturated heterocycles. The van der Waals surface area contributed by atoms with E-state index in [4.69, 9.17) is 4.98 Å². The minimum atomic E-state index is -4.12. The van der Waals surface area contributed by atoms with Crippen LogP contribution in [0.2, 0.25) is 0 Å². The van der Waals surface area contributed by atoms with Crippen molar-refractivity contribution in [3.63, 3.8) is 0 Å². The van der Waals surface area contributed by atoms with Crippen molar-refractivity contribution < 1.29 is 18.6 Å². The third-order valence-corrected chi connectivity index (χ3v) is 8.46. The van der Waals surface area contributed by atoms with Gasteiger partial charge in [-0.25, -0.2) is 18.4 Å². The number of aliphatic hydroxyl groups is 1. The Balaban J connectivity index is 1.73. The summed E-state index contributed by atoms with van der Waals surface area (Å²) in [4.78, 5) is 9.30. The van der Waals surface area contributed by atoms with Crippen LogP contribution in [0.5, 0.6) is 5.75 Å². The summed E-state index contributed by atoms with van der Waals surface area (Å²) < 4.78 is 27.9. The lowest BCUT2D eigenvalue weighted by molar-refractivity contribution is 0.0407. The highest BCUT2D eigenvalue weighted by Gasteiger charge is 2.43. The molecule has 0 radical (unpaired) electrons. The average Bonchev–Trinajstić information content (AvgIpc) is 3.20. The van der Waals surface area contributed by atoms with E-state index in [2.05, 4.69) is 10.3 Å². The largest absolute Gasteiger partial charge is 0.508 e. The zero-order chi connectivity index (χ0) is 22.8. The Morgan fingerprint density at radius 2 is 1.76 bits per heavy atom. The number of rotatable bonds is 0. The quantitative estimate of drug-likeness (QED) is 0.364. The first kappa shape index (κ1) is 20.1. The van der Waals surface area contributed by atoms with E-state index in [1.54, 1.807) is 18.2 Å². The van der Waals surface area contributed by atoms with Gasteiger partial charge in [-0.1, -0.05) is 30.3 Å². The van der Waals surface area contributed by atoms with Crippen LogP contribution in [0, 0.1) is 0 Å². The molecule has 1 aromatic heterocycles. The van der Waals surface area contributed by atoms with Gasteiger partial charge in [-0.3, -0.25) is 0 Å². The van der Waals surface area contributed by atoms with Gasteiger partial charge in [0.25, 0.3) is 0 Å². The van der Waals surface area contributed by atoms with Crippen molar-refractivity contribution in [1.29, 1.82) is 0 Å². The molecule has 2 unspecified atom stereocenters. The van der Waals surface area contributed by atoms with Crippen LogP contribution in [0.3, 0.4) is 0 Å². The molecule has 2 heterocycles. The SMILES string of the molecule is O=S1(=O)c2cc(O)ccc2-c2nc(c3ccccc3n2)NC2CCC(O)(C2)c2ccccc21. The number of nitrogens with zero attached hydrogens (tertiary/aromatic N) is 2. The molecule has 1 aliphatic heterocycles. The van der Waals surface area contributed by atoms with Gasteiger partial charge in [-0.2, -0.15) is 0 Å². The molecule has 4 aromatic rings. The predicted molar refractivity (Wildman–Crippen MR) is 124 cm³/mol. The van der Waals surface area contributed by atoms with E-state index < -0.39 is 15.4 Å². The summed E-state index contributed by atoms with van der Waals surface area (Å²) in [5.74, 6) is 0.664. The Morgan fingerprint density at radius 1 is 0.970 bits per heavy atom. The number of fused-ring (bicyclic) bond motifs is 10. The second kappa shape index (κ2) is 7.00. The number of hydrogen-bond acceptors (Lipinski definition) is 7. The van der Waals surface area contributed by atoms with Gasteiger partial charge in [0.2, 0.25) is 9.84 Å². The number of sulfone groups is 1. The lowest BCUT2D eigenvalue weighted by Crippen LogP contribution is -2.28. The summed E-state index contributed by atoms with van der Waals surface area (Å²) in [5, 5.41) is 26.1. The molecule has 1 aliphatic carbocycles. The maximum Gasteiger partial charge on any atom is 0.207 e. The number of para-hydroxylation sites is 1. The molecule has 4 bridgehead atoms. The fourth-order valence-corrected chi connectivity index (χ4v) is 6.78. The molecule has 6 rings (SSSR count). The summed E-state index contributed by atoms with van der Waals surface area (Å²) in [6.45, 7) is 0. The van der Waals surface area contributed by atoms with E-state index in [-0.39, 0.29) is 33.0 Å². The second-order valence-corrected chi connectivity index (χ2v) is 10.6. The summed E-state index contributed by atoms with van der Waals surface area (Å²) in [5.41, 5.74) is 0.0328. The fourth-order valence-electron chi connectivity index (χ4n) is 5.01. The van der Waals surface area contributed by atoms with Gasteiger partial charge < -0.3 is 15.5 Å².